The zero-order valence-corrected chi connectivity index (χ0v) is 26.6. The van der Waals surface area contributed by atoms with Gasteiger partial charge in [-0.25, -0.2) is 14.2 Å². The van der Waals surface area contributed by atoms with Gasteiger partial charge in [-0.05, 0) is 82.3 Å². The molecule has 3 N–H and O–H groups in total. The van der Waals surface area contributed by atoms with Gasteiger partial charge in [0.15, 0.2) is 0 Å². The number of ether oxygens (including phenoxy) is 1. The van der Waals surface area contributed by atoms with E-state index in [-0.39, 0.29) is 30.2 Å². The lowest BCUT2D eigenvalue weighted by Crippen LogP contribution is -2.50. The average Bonchev–Trinajstić information content (AvgIpc) is 3.02. The summed E-state index contributed by atoms with van der Waals surface area (Å²) in [6.45, 7) is 6.83. The number of nitrogens with one attached hydrogen (secondary N) is 3. The van der Waals surface area contributed by atoms with E-state index in [1.807, 2.05) is 12.1 Å². The van der Waals surface area contributed by atoms with Gasteiger partial charge in [-0.3, -0.25) is 9.59 Å². The first-order valence-electron chi connectivity index (χ1n) is 15.6. The number of nitrogens with zero attached hydrogens (tertiary/aromatic N) is 3. The van der Waals surface area contributed by atoms with Gasteiger partial charge in [0.25, 0.3) is 5.91 Å². The minimum atomic E-state index is -0.593. The van der Waals surface area contributed by atoms with Crippen LogP contribution in [0.25, 0.3) is 11.3 Å². The van der Waals surface area contributed by atoms with Crippen molar-refractivity contribution in [1.29, 1.82) is 5.26 Å². The molecule has 2 heterocycles. The largest absolute Gasteiger partial charge is 0.444 e. The van der Waals surface area contributed by atoms with Crippen LogP contribution in [0, 0.1) is 17.1 Å². The Hall–Kier alpha value is -4.98. The van der Waals surface area contributed by atoms with Crippen molar-refractivity contribution in [2.24, 2.45) is 0 Å². The van der Waals surface area contributed by atoms with Gasteiger partial charge >= 0.3 is 6.09 Å². The smallest absolute Gasteiger partial charge is 0.407 e. The van der Waals surface area contributed by atoms with E-state index in [1.165, 1.54) is 12.1 Å². The molecule has 1 atom stereocenters. The number of piperidine rings is 1. The summed E-state index contributed by atoms with van der Waals surface area (Å²) in [7, 11) is 0. The number of carbonyl (C=O) groups is 3. The molecule has 2 aromatic carbocycles. The van der Waals surface area contributed by atoms with E-state index in [2.05, 4.69) is 22.0 Å². The molecule has 4 rings (SSSR count). The first kappa shape index (κ1) is 33.9. The molecule has 0 aliphatic carbocycles. The van der Waals surface area contributed by atoms with E-state index in [1.54, 1.807) is 62.1 Å². The molecule has 1 aromatic heterocycles. The molecule has 0 bridgehead atoms. The maximum atomic E-state index is 13.7. The molecule has 1 saturated heterocycles. The van der Waals surface area contributed by atoms with Crippen LogP contribution in [0.1, 0.15) is 67.9 Å². The van der Waals surface area contributed by atoms with E-state index < -0.39 is 11.7 Å². The summed E-state index contributed by atoms with van der Waals surface area (Å²) in [5.74, 6) is -0.320. The highest BCUT2D eigenvalue weighted by molar-refractivity contribution is 5.99. The molecule has 0 saturated carbocycles. The number of carbonyl (C=O) groups excluding carboxylic acids is 3. The second-order valence-electron chi connectivity index (χ2n) is 12.2. The fraction of sp³-hybridized carbons (Fsp3) is 0.400. The molecule has 11 heteroatoms. The third-order valence-electron chi connectivity index (χ3n) is 7.49. The Morgan fingerprint density at radius 3 is 2.65 bits per heavy atom. The minimum Gasteiger partial charge on any atom is -0.444 e. The number of benzene rings is 2. The van der Waals surface area contributed by atoms with Crippen LogP contribution in [-0.4, -0.2) is 65.6 Å². The summed E-state index contributed by atoms with van der Waals surface area (Å²) in [6.07, 6.45) is 2.46. The maximum Gasteiger partial charge on any atom is 0.407 e. The highest BCUT2D eigenvalue weighted by Gasteiger charge is 2.28. The first-order chi connectivity index (χ1) is 22.0. The van der Waals surface area contributed by atoms with Gasteiger partial charge in [-0.1, -0.05) is 30.3 Å². The molecular formula is C35H41FN6O4. The molecule has 1 aliphatic heterocycles. The fourth-order valence-corrected chi connectivity index (χ4v) is 5.32. The standard InChI is InChI=1S/C35H41FN6O4/c1-35(2,3)46-34(45)39-18-8-20-42-27(12-7-14-31(42)43)23-40-33(44)29-15-16-30(28-13-5-4-10-25(28)22-37)41-32(29)38-19-17-24-9-6-11-26(36)21-24/h4-6,9-11,13,15-16,21,27H,7-8,12,14,17-20,23H2,1-3H3,(H,38,41)(H,39,45)(H,40,44). The molecule has 1 fully saturated rings. The van der Waals surface area contributed by atoms with Crippen molar-refractivity contribution in [2.75, 3.05) is 31.5 Å². The Morgan fingerprint density at radius 2 is 1.89 bits per heavy atom. The quantitative estimate of drug-likeness (QED) is 0.227. The van der Waals surface area contributed by atoms with Gasteiger partial charge in [0.05, 0.1) is 22.9 Å². The Bertz CT molecular complexity index is 1580. The number of rotatable bonds is 12. The molecule has 3 aromatic rings. The number of alkyl carbamates (subject to hydrolysis) is 1. The summed E-state index contributed by atoms with van der Waals surface area (Å²) in [4.78, 5) is 44.8. The normalized spacial score (nSPS) is 14.7. The second-order valence-corrected chi connectivity index (χ2v) is 12.2. The van der Waals surface area contributed by atoms with Crippen molar-refractivity contribution in [3.05, 3.63) is 83.2 Å². The van der Waals surface area contributed by atoms with E-state index in [0.29, 0.717) is 67.1 Å². The van der Waals surface area contributed by atoms with Crippen LogP contribution in [0.15, 0.2) is 60.7 Å². The molecule has 1 aliphatic rings. The number of hydrogen-bond donors (Lipinski definition) is 3. The van der Waals surface area contributed by atoms with Gasteiger partial charge in [0.2, 0.25) is 5.91 Å². The lowest BCUT2D eigenvalue weighted by atomic mass is 10.0. The van der Waals surface area contributed by atoms with Gasteiger partial charge in [0, 0.05) is 44.2 Å². The average molecular weight is 629 g/mol. The third kappa shape index (κ3) is 9.76. The van der Waals surface area contributed by atoms with Crippen LogP contribution >= 0.6 is 0 Å². The summed E-state index contributed by atoms with van der Waals surface area (Å²) in [6, 6.07) is 18.8. The number of hydrogen-bond acceptors (Lipinski definition) is 7. The minimum absolute atomic E-state index is 0.0182. The van der Waals surface area contributed by atoms with Crippen molar-refractivity contribution in [2.45, 2.75) is 64.5 Å². The topological polar surface area (TPSA) is 136 Å². The van der Waals surface area contributed by atoms with Crippen molar-refractivity contribution in [1.82, 2.24) is 20.5 Å². The van der Waals surface area contributed by atoms with Crippen LogP contribution in [0.3, 0.4) is 0 Å². The van der Waals surface area contributed by atoms with Crippen LogP contribution in [-0.2, 0) is 16.0 Å². The first-order valence-corrected chi connectivity index (χ1v) is 15.6. The monoisotopic (exact) mass is 628 g/mol. The lowest BCUT2D eigenvalue weighted by Gasteiger charge is -2.36. The van der Waals surface area contributed by atoms with Gasteiger partial charge in [-0.15, -0.1) is 0 Å². The zero-order chi connectivity index (χ0) is 33.1. The summed E-state index contributed by atoms with van der Waals surface area (Å²) in [5, 5.41) is 18.6. The number of pyridine rings is 1. The summed E-state index contributed by atoms with van der Waals surface area (Å²) < 4.78 is 19.0. The van der Waals surface area contributed by atoms with E-state index in [4.69, 9.17) is 9.72 Å². The number of nitriles is 1. The van der Waals surface area contributed by atoms with Gasteiger partial charge < -0.3 is 25.6 Å². The van der Waals surface area contributed by atoms with Crippen LogP contribution in [0.2, 0.25) is 0 Å². The Morgan fingerprint density at radius 1 is 1.09 bits per heavy atom. The fourth-order valence-electron chi connectivity index (χ4n) is 5.32. The number of aromatic nitrogens is 1. The van der Waals surface area contributed by atoms with E-state index in [0.717, 1.165) is 18.4 Å². The molecule has 242 valence electrons. The van der Waals surface area contributed by atoms with Gasteiger partial charge in [-0.2, -0.15) is 5.26 Å². The van der Waals surface area contributed by atoms with Gasteiger partial charge in [0.1, 0.15) is 17.2 Å². The zero-order valence-electron chi connectivity index (χ0n) is 26.6. The number of halogens is 1. The van der Waals surface area contributed by atoms with Crippen molar-refractivity contribution < 1.29 is 23.5 Å². The van der Waals surface area contributed by atoms with Crippen molar-refractivity contribution in [3.63, 3.8) is 0 Å². The number of likely N-dealkylation sites (tertiary alicyclic amines) is 1. The van der Waals surface area contributed by atoms with Crippen molar-refractivity contribution >= 4 is 23.7 Å². The summed E-state index contributed by atoms with van der Waals surface area (Å²) >= 11 is 0. The highest BCUT2D eigenvalue weighted by Crippen LogP contribution is 2.25. The molecule has 3 amide bonds. The van der Waals surface area contributed by atoms with Crippen LogP contribution in [0.4, 0.5) is 15.0 Å². The predicted molar refractivity (Wildman–Crippen MR) is 174 cm³/mol. The number of anilines is 1. The Kier molecular flexibility index (Phi) is 11.7. The molecule has 46 heavy (non-hydrogen) atoms. The van der Waals surface area contributed by atoms with E-state index >= 15 is 0 Å². The lowest BCUT2D eigenvalue weighted by molar-refractivity contribution is -0.136. The molecule has 0 spiro atoms. The predicted octanol–water partition coefficient (Wildman–Crippen LogP) is 5.44. The Labute approximate surface area is 269 Å². The molecule has 10 nitrogen and oxygen atoms in total. The maximum absolute atomic E-state index is 13.7. The Balaban J connectivity index is 1.44. The van der Waals surface area contributed by atoms with Crippen LogP contribution in [0.5, 0.6) is 0 Å². The molecule has 1 unspecified atom stereocenters. The van der Waals surface area contributed by atoms with Crippen molar-refractivity contribution in [3.8, 4) is 17.3 Å². The summed E-state index contributed by atoms with van der Waals surface area (Å²) in [5.41, 5.74) is 2.15. The second kappa shape index (κ2) is 15.8. The molecular weight excluding hydrogens is 587 g/mol. The molecule has 0 radical (unpaired) electrons. The van der Waals surface area contributed by atoms with Crippen LogP contribution < -0.4 is 16.0 Å². The SMILES string of the molecule is CC(C)(C)OC(=O)NCCCN1C(=O)CCCC1CNC(=O)c1ccc(-c2ccccc2C#N)nc1NCCc1cccc(F)c1. The highest BCUT2D eigenvalue weighted by atomic mass is 19.1. The van der Waals surface area contributed by atoms with E-state index in [9.17, 15) is 24.0 Å². The third-order valence-corrected chi connectivity index (χ3v) is 7.49. The number of amides is 3.